The molecule has 5 aliphatic rings. The largest absolute Gasteiger partial charge is 0.490 e. The Morgan fingerprint density at radius 2 is 2.02 bits per heavy atom. The average Bonchev–Trinajstić information content (AvgIpc) is 3.75. The predicted molar refractivity (Wildman–Crippen MR) is 217 cm³/mol. The van der Waals surface area contributed by atoms with Gasteiger partial charge in [-0.1, -0.05) is 36.7 Å². The number of aromatic nitrogens is 3. The highest BCUT2D eigenvalue weighted by Crippen LogP contribution is 2.47. The van der Waals surface area contributed by atoms with Crippen molar-refractivity contribution in [2.24, 2.45) is 29.2 Å². The minimum absolute atomic E-state index is 0.0933. The summed E-state index contributed by atoms with van der Waals surface area (Å²) in [5.74, 6) is 0.123. The molecule has 0 saturated heterocycles. The van der Waals surface area contributed by atoms with Crippen LogP contribution in [0.1, 0.15) is 76.6 Å². The average molecular weight is 796 g/mol. The van der Waals surface area contributed by atoms with Crippen LogP contribution in [0.15, 0.2) is 71.4 Å². The summed E-state index contributed by atoms with van der Waals surface area (Å²) < 4.78 is 35.1. The van der Waals surface area contributed by atoms with Gasteiger partial charge in [0.15, 0.2) is 0 Å². The zero-order valence-electron chi connectivity index (χ0n) is 32.1. The van der Waals surface area contributed by atoms with Crippen LogP contribution in [0.4, 0.5) is 5.69 Å². The number of allylic oxidation sites excluding steroid dienone is 1. The molecule has 4 aromatic rings. The Kier molecular flexibility index (Phi) is 9.86. The van der Waals surface area contributed by atoms with E-state index in [0.29, 0.717) is 41.7 Å². The van der Waals surface area contributed by atoms with Crippen LogP contribution in [-0.2, 0) is 51.4 Å². The molecule has 1 saturated carbocycles. The number of nitrogens with one attached hydrogen (secondary N) is 1. The molecule has 5 heterocycles. The molecule has 2 bridgehead atoms. The molecule has 2 aliphatic carbocycles. The Bertz CT molecular complexity index is 2330. The van der Waals surface area contributed by atoms with Crippen molar-refractivity contribution < 1.29 is 23.3 Å². The molecule has 2 aromatic heterocycles. The Morgan fingerprint density at radius 3 is 2.84 bits per heavy atom. The second-order valence-corrected chi connectivity index (χ2v) is 18.1. The summed E-state index contributed by atoms with van der Waals surface area (Å²) in [6, 6.07) is 13.5. The first-order valence-electron chi connectivity index (χ1n) is 19.8. The molecule has 1 spiro atoms. The van der Waals surface area contributed by atoms with Gasteiger partial charge in [0.2, 0.25) is 0 Å². The van der Waals surface area contributed by atoms with Gasteiger partial charge in [-0.2, -0.15) is 15.7 Å². The fourth-order valence-corrected chi connectivity index (χ4v) is 11.1. The number of nitrogens with zero attached hydrogens (tertiary/aromatic N) is 5. The minimum atomic E-state index is -2.09. The Labute approximate surface area is 334 Å². The van der Waals surface area contributed by atoms with E-state index in [9.17, 15) is 13.8 Å². The van der Waals surface area contributed by atoms with Gasteiger partial charge in [0.05, 0.1) is 35.9 Å². The van der Waals surface area contributed by atoms with E-state index < -0.39 is 21.9 Å². The number of hydrogen-bond acceptors (Lipinski definition) is 8. The summed E-state index contributed by atoms with van der Waals surface area (Å²) in [7, 11) is 1.60. The second kappa shape index (κ2) is 14.8. The third-order valence-corrected chi connectivity index (χ3v) is 14.6. The SMILES string of the molecule is CO[C@H]1/C=C/C[C@H](C)C(NC(=O)c2cc3n(c2)CCc2c-3cnn2C)[S-](=O)=NC(=O)c2ccc3c(c2)N(C[C@@H]2CC[C@H]21)C[C@@]1(CCCc2cc(Cl)ccc21)CO3. The maximum atomic E-state index is 14.2. The van der Waals surface area contributed by atoms with Gasteiger partial charge in [0.25, 0.3) is 11.8 Å². The second-order valence-electron chi connectivity index (χ2n) is 16.4. The van der Waals surface area contributed by atoms with Crippen LogP contribution in [0.5, 0.6) is 5.75 Å². The number of amides is 2. The number of rotatable bonds is 3. The maximum absolute atomic E-state index is 14.2. The van der Waals surface area contributed by atoms with Gasteiger partial charge in [-0.05, 0) is 109 Å². The molecular weight excluding hydrogens is 748 g/mol. The molecule has 0 radical (unpaired) electrons. The van der Waals surface area contributed by atoms with Crippen molar-refractivity contribution >= 4 is 39.7 Å². The Hall–Kier alpha value is -4.39. The monoisotopic (exact) mass is 795 g/mol. The number of ether oxygens (including phenoxy) is 2. The van der Waals surface area contributed by atoms with Crippen molar-refractivity contribution in [3.63, 3.8) is 0 Å². The molecule has 3 aliphatic heterocycles. The van der Waals surface area contributed by atoms with E-state index in [4.69, 9.17) is 21.1 Å². The van der Waals surface area contributed by atoms with Gasteiger partial charge >= 0.3 is 0 Å². The Balaban J connectivity index is 1.06. The molecule has 9 rings (SSSR count). The number of anilines is 1. The molecule has 1 unspecified atom stereocenters. The lowest BCUT2D eigenvalue weighted by Gasteiger charge is -2.46. The highest BCUT2D eigenvalue weighted by Gasteiger charge is 2.44. The highest BCUT2D eigenvalue weighted by molar-refractivity contribution is 7.75. The third-order valence-electron chi connectivity index (χ3n) is 13.0. The van der Waals surface area contributed by atoms with Gasteiger partial charge in [-0.25, -0.2) is 0 Å². The standard InChI is InChI=1S/C43H48ClN6O5S/c1-26-6-4-8-38(54-3)32-12-9-29(32)22-50-24-43(16-5-7-27-18-31(44)11-13-34(27)43)25-55-39-14-10-28(19-37(39)50)41(52)47-56(53)42(26)46-40(51)30-20-36-33-21-45-48(2)35(33)15-17-49(36)23-30/h4,8,10-11,13-14,18-21,23,26,29,32,38,42H,5-7,9,12,15-17,22,24-25H2,1-3H3,(H,46,51)/q-1/b8-4+/t26-,29-,32+,38-,42?,43-/m0/s1. The first kappa shape index (κ1) is 37.2. The first-order chi connectivity index (χ1) is 27.1. The predicted octanol–water partition coefficient (Wildman–Crippen LogP) is 7.25. The topological polar surface area (TPSA) is 120 Å². The van der Waals surface area contributed by atoms with Gasteiger partial charge in [-0.3, -0.25) is 14.3 Å². The van der Waals surface area contributed by atoms with Crippen molar-refractivity contribution in [3.05, 3.63) is 100.0 Å². The quantitative estimate of drug-likeness (QED) is 0.171. The molecule has 6 atom stereocenters. The fourth-order valence-electron chi connectivity index (χ4n) is 9.77. The zero-order valence-corrected chi connectivity index (χ0v) is 33.7. The van der Waals surface area contributed by atoms with Gasteiger partial charge in [-0.15, -0.1) is 0 Å². The molecule has 13 heteroatoms. The fraction of sp³-hybridized carbons (Fsp3) is 0.465. The summed E-state index contributed by atoms with van der Waals surface area (Å²) in [5.41, 5.74) is 6.96. The summed E-state index contributed by atoms with van der Waals surface area (Å²) in [6.45, 7) is 4.68. The van der Waals surface area contributed by atoms with Gasteiger partial charge in [0.1, 0.15) is 5.75 Å². The van der Waals surface area contributed by atoms with E-state index in [2.05, 4.69) is 48.5 Å². The van der Waals surface area contributed by atoms with Gasteiger partial charge in [0, 0.05) is 73.7 Å². The number of aryl methyl sites for hydroxylation is 3. The number of halogens is 1. The van der Waals surface area contributed by atoms with Crippen molar-refractivity contribution in [1.82, 2.24) is 19.7 Å². The lowest BCUT2D eigenvalue weighted by Crippen LogP contribution is -2.49. The number of carbonyl (C=O) groups excluding carboxylic acids is 2. The van der Waals surface area contributed by atoms with Crippen molar-refractivity contribution in [2.45, 2.75) is 75.3 Å². The maximum Gasteiger partial charge on any atom is 0.254 e. The van der Waals surface area contributed by atoms with Crippen LogP contribution in [0.3, 0.4) is 0 Å². The highest BCUT2D eigenvalue weighted by atomic mass is 35.5. The van der Waals surface area contributed by atoms with Crippen molar-refractivity contribution in [1.29, 1.82) is 0 Å². The molecule has 2 amide bonds. The number of methoxy groups -OCH3 is 1. The first-order valence-corrected chi connectivity index (χ1v) is 21.3. The van der Waals surface area contributed by atoms with Crippen molar-refractivity contribution in [3.8, 4) is 17.0 Å². The van der Waals surface area contributed by atoms with Crippen LogP contribution in [0.2, 0.25) is 5.02 Å². The van der Waals surface area contributed by atoms with Crippen LogP contribution in [-0.4, -0.2) is 64.4 Å². The van der Waals surface area contributed by atoms with Crippen LogP contribution < -0.4 is 15.0 Å². The molecule has 11 nitrogen and oxygen atoms in total. The van der Waals surface area contributed by atoms with E-state index in [0.717, 1.165) is 85.8 Å². The van der Waals surface area contributed by atoms with Crippen LogP contribution in [0.25, 0.3) is 11.3 Å². The van der Waals surface area contributed by atoms with Gasteiger partial charge < -0.3 is 32.8 Å². The molecule has 1 N–H and O–H groups in total. The molecule has 2 aromatic carbocycles. The minimum Gasteiger partial charge on any atom is -0.490 e. The normalized spacial score (nSPS) is 28.0. The van der Waals surface area contributed by atoms with Crippen LogP contribution in [0, 0.1) is 17.8 Å². The van der Waals surface area contributed by atoms with Crippen LogP contribution >= 0.6 is 11.6 Å². The summed E-state index contributed by atoms with van der Waals surface area (Å²) in [5, 5.41) is 7.26. The Morgan fingerprint density at radius 1 is 1.14 bits per heavy atom. The lowest BCUT2D eigenvalue weighted by atomic mass is 9.68. The lowest BCUT2D eigenvalue weighted by molar-refractivity contribution is 0.0131. The summed E-state index contributed by atoms with van der Waals surface area (Å²) >= 11 is 6.48. The number of benzene rings is 2. The van der Waals surface area contributed by atoms with E-state index in [-0.39, 0.29) is 23.3 Å². The van der Waals surface area contributed by atoms with Crippen molar-refractivity contribution in [2.75, 3.05) is 31.7 Å². The zero-order chi connectivity index (χ0) is 38.7. The number of hydrogen-bond donors (Lipinski definition) is 1. The molecule has 1 fully saturated rings. The van der Waals surface area contributed by atoms with E-state index in [1.807, 2.05) is 55.3 Å². The van der Waals surface area contributed by atoms with E-state index in [1.165, 1.54) is 11.1 Å². The molecular formula is C43H48ClN6O5S-. The molecule has 56 heavy (non-hydrogen) atoms. The summed E-state index contributed by atoms with van der Waals surface area (Å²) in [4.78, 5) is 30.3. The smallest absolute Gasteiger partial charge is 0.254 e. The van der Waals surface area contributed by atoms with E-state index >= 15 is 0 Å². The third kappa shape index (κ3) is 6.67. The number of fused-ring (bicyclic) bond motifs is 7. The van der Waals surface area contributed by atoms with E-state index in [1.54, 1.807) is 13.2 Å². The molecule has 294 valence electrons. The number of carbonyl (C=O) groups is 2. The summed E-state index contributed by atoms with van der Waals surface area (Å²) in [6.07, 6.45) is 14.2.